The quantitative estimate of drug-likeness (QED) is 0.491. The highest BCUT2D eigenvalue weighted by atomic mass is 17.0. The van der Waals surface area contributed by atoms with Gasteiger partial charge < -0.3 is 25.1 Å². The van der Waals surface area contributed by atoms with E-state index in [4.69, 9.17) is 9.57 Å². The van der Waals surface area contributed by atoms with Crippen molar-refractivity contribution in [2.24, 2.45) is 0 Å². The smallest absolute Gasteiger partial charge is 0.294 e. The van der Waals surface area contributed by atoms with Gasteiger partial charge in [0, 0.05) is 30.5 Å². The van der Waals surface area contributed by atoms with Crippen LogP contribution in [0.5, 0.6) is 5.75 Å². The van der Waals surface area contributed by atoms with Crippen LogP contribution in [0.15, 0.2) is 18.2 Å². The fourth-order valence-corrected chi connectivity index (χ4v) is 2.73. The van der Waals surface area contributed by atoms with Crippen LogP contribution in [0.3, 0.4) is 0 Å². The molecule has 0 saturated heterocycles. The number of hydrogen-bond donors (Lipinski definition) is 3. The average Bonchev–Trinajstić information content (AvgIpc) is 2.50. The summed E-state index contributed by atoms with van der Waals surface area (Å²) in [5.74, 6) is 0.552. The molecule has 3 N–H and O–H groups in total. The molecular formula is C17H26N2O6. The molecule has 0 spiro atoms. The lowest BCUT2D eigenvalue weighted by atomic mass is 9.87. The van der Waals surface area contributed by atoms with Crippen LogP contribution < -0.4 is 10.1 Å². The first kappa shape index (κ1) is 19.4. The SMILES string of the molecule is CC(C)(C)NCC(COc1cccc2c1C[C@H](O)[C@H](O)C2)O[N+](=O)[O-]. The van der Waals surface area contributed by atoms with E-state index >= 15 is 0 Å². The van der Waals surface area contributed by atoms with Crippen LogP contribution in [0.2, 0.25) is 0 Å². The Morgan fingerprint density at radius 2 is 2.00 bits per heavy atom. The van der Waals surface area contributed by atoms with Crippen LogP contribution in [-0.4, -0.2) is 52.3 Å². The van der Waals surface area contributed by atoms with Crippen molar-refractivity contribution in [2.45, 2.75) is 57.5 Å². The van der Waals surface area contributed by atoms with E-state index in [0.717, 1.165) is 11.1 Å². The predicted molar refractivity (Wildman–Crippen MR) is 91.0 cm³/mol. The standard InChI is InChI=1S/C17H26N2O6/c1-17(2,3)18-9-12(25-19(22)23)10-24-16-6-4-5-11-7-14(20)15(21)8-13(11)16/h4-6,12,14-15,18,20-21H,7-10H2,1-3H3/t12?,14-,15+/m1/s1. The zero-order chi connectivity index (χ0) is 18.6. The van der Waals surface area contributed by atoms with E-state index in [-0.39, 0.29) is 25.1 Å². The van der Waals surface area contributed by atoms with Crippen LogP contribution in [0.1, 0.15) is 31.9 Å². The molecule has 1 aliphatic rings. The summed E-state index contributed by atoms with van der Waals surface area (Å²) in [6.07, 6.45) is -1.75. The number of fused-ring (bicyclic) bond motifs is 1. The van der Waals surface area contributed by atoms with Gasteiger partial charge in [0.25, 0.3) is 5.09 Å². The van der Waals surface area contributed by atoms with Gasteiger partial charge in [0.15, 0.2) is 6.10 Å². The molecule has 0 aromatic heterocycles. The van der Waals surface area contributed by atoms with E-state index in [2.05, 4.69) is 5.32 Å². The van der Waals surface area contributed by atoms with Gasteiger partial charge in [0.1, 0.15) is 12.4 Å². The molecule has 8 heteroatoms. The van der Waals surface area contributed by atoms with Crippen LogP contribution in [-0.2, 0) is 17.7 Å². The predicted octanol–water partition coefficient (Wildman–Crippen LogP) is 0.851. The Bertz CT molecular complexity index is 601. The zero-order valence-electron chi connectivity index (χ0n) is 14.8. The second-order valence-corrected chi connectivity index (χ2v) is 7.33. The fraction of sp³-hybridized carbons (Fsp3) is 0.647. The van der Waals surface area contributed by atoms with E-state index < -0.39 is 23.4 Å². The first-order chi connectivity index (χ1) is 11.7. The topological polar surface area (TPSA) is 114 Å². The minimum atomic E-state index is -0.842. The van der Waals surface area contributed by atoms with Crippen LogP contribution in [0.25, 0.3) is 0 Å². The summed E-state index contributed by atoms with van der Waals surface area (Å²) in [5, 5.41) is 32.7. The number of rotatable bonds is 7. The van der Waals surface area contributed by atoms with Gasteiger partial charge in [-0.3, -0.25) is 0 Å². The molecule has 0 bridgehead atoms. The number of aliphatic hydroxyl groups excluding tert-OH is 2. The van der Waals surface area contributed by atoms with Crippen molar-refractivity contribution in [3.8, 4) is 5.75 Å². The Morgan fingerprint density at radius 3 is 2.64 bits per heavy atom. The van der Waals surface area contributed by atoms with Crippen molar-refractivity contribution < 1.29 is 24.9 Å². The molecule has 0 aliphatic heterocycles. The van der Waals surface area contributed by atoms with E-state index in [1.54, 1.807) is 12.1 Å². The van der Waals surface area contributed by atoms with Gasteiger partial charge in [-0.25, -0.2) is 0 Å². The summed E-state index contributed by atoms with van der Waals surface area (Å²) >= 11 is 0. The molecule has 0 amide bonds. The fourth-order valence-electron chi connectivity index (χ4n) is 2.73. The summed E-state index contributed by atoms with van der Waals surface area (Å²) in [7, 11) is 0. The largest absolute Gasteiger partial charge is 0.491 e. The van der Waals surface area contributed by atoms with Crippen molar-refractivity contribution in [1.29, 1.82) is 0 Å². The molecule has 0 fully saturated rings. The van der Waals surface area contributed by atoms with Crippen molar-refractivity contribution in [3.63, 3.8) is 0 Å². The van der Waals surface area contributed by atoms with Crippen molar-refractivity contribution in [1.82, 2.24) is 5.32 Å². The highest BCUT2D eigenvalue weighted by Gasteiger charge is 2.27. The van der Waals surface area contributed by atoms with Gasteiger partial charge in [0.2, 0.25) is 0 Å². The lowest BCUT2D eigenvalue weighted by Crippen LogP contribution is -2.44. The van der Waals surface area contributed by atoms with Crippen LogP contribution >= 0.6 is 0 Å². The van der Waals surface area contributed by atoms with Crippen molar-refractivity contribution in [3.05, 3.63) is 39.4 Å². The number of benzene rings is 1. The molecule has 140 valence electrons. The number of hydrogen-bond acceptors (Lipinski definition) is 7. The molecule has 2 rings (SSSR count). The molecular weight excluding hydrogens is 328 g/mol. The summed E-state index contributed by atoms with van der Waals surface area (Å²) < 4.78 is 5.75. The first-order valence-corrected chi connectivity index (χ1v) is 8.31. The summed E-state index contributed by atoms with van der Waals surface area (Å²) in [5.41, 5.74) is 1.53. The Kier molecular flexibility index (Phi) is 6.21. The highest BCUT2D eigenvalue weighted by molar-refractivity contribution is 5.43. The third-order valence-electron chi connectivity index (χ3n) is 4.04. The lowest BCUT2D eigenvalue weighted by molar-refractivity contribution is -0.768. The Balaban J connectivity index is 2.05. The molecule has 1 aromatic carbocycles. The first-order valence-electron chi connectivity index (χ1n) is 8.31. The number of ether oxygens (including phenoxy) is 1. The Hall–Kier alpha value is -1.90. The summed E-state index contributed by atoms with van der Waals surface area (Å²) in [6, 6.07) is 5.43. The summed E-state index contributed by atoms with van der Waals surface area (Å²) in [4.78, 5) is 15.4. The monoisotopic (exact) mass is 354 g/mol. The molecule has 1 aliphatic carbocycles. The van der Waals surface area contributed by atoms with E-state index in [1.165, 1.54) is 0 Å². The van der Waals surface area contributed by atoms with Crippen molar-refractivity contribution in [2.75, 3.05) is 13.2 Å². The third-order valence-corrected chi connectivity index (χ3v) is 4.04. The molecule has 1 aromatic rings. The van der Waals surface area contributed by atoms with E-state index in [9.17, 15) is 20.3 Å². The maximum atomic E-state index is 10.7. The Labute approximate surface area is 146 Å². The normalized spacial score (nSPS) is 21.3. The second-order valence-electron chi connectivity index (χ2n) is 7.33. The second kappa shape index (κ2) is 7.99. The molecule has 25 heavy (non-hydrogen) atoms. The molecule has 0 heterocycles. The molecule has 0 radical (unpaired) electrons. The van der Waals surface area contributed by atoms with Crippen molar-refractivity contribution >= 4 is 0 Å². The van der Waals surface area contributed by atoms with Gasteiger partial charge in [-0.2, -0.15) is 0 Å². The molecule has 1 unspecified atom stereocenters. The highest BCUT2D eigenvalue weighted by Crippen LogP contribution is 2.30. The zero-order valence-corrected chi connectivity index (χ0v) is 14.8. The lowest BCUT2D eigenvalue weighted by Gasteiger charge is -2.28. The van der Waals surface area contributed by atoms with E-state index in [1.807, 2.05) is 26.8 Å². The van der Waals surface area contributed by atoms with Crippen LogP contribution in [0.4, 0.5) is 0 Å². The Morgan fingerprint density at radius 1 is 1.32 bits per heavy atom. The average molecular weight is 354 g/mol. The third kappa shape index (κ3) is 5.84. The van der Waals surface area contributed by atoms with Gasteiger partial charge >= 0.3 is 0 Å². The number of nitrogens with one attached hydrogen (secondary N) is 1. The minimum absolute atomic E-state index is 0.000831. The molecule has 8 nitrogen and oxygen atoms in total. The number of aliphatic hydroxyl groups is 2. The van der Waals surface area contributed by atoms with Gasteiger partial charge in [-0.15, -0.1) is 10.1 Å². The molecule has 0 saturated carbocycles. The van der Waals surface area contributed by atoms with Gasteiger partial charge in [0.05, 0.1) is 12.2 Å². The van der Waals surface area contributed by atoms with Gasteiger partial charge in [-0.05, 0) is 32.4 Å². The summed E-state index contributed by atoms with van der Waals surface area (Å²) in [6.45, 7) is 6.13. The van der Waals surface area contributed by atoms with Crippen LogP contribution in [0, 0.1) is 10.1 Å². The maximum absolute atomic E-state index is 10.7. The minimum Gasteiger partial charge on any atom is -0.491 e. The number of nitrogens with zero attached hydrogens (tertiary/aromatic N) is 1. The maximum Gasteiger partial charge on any atom is 0.294 e. The van der Waals surface area contributed by atoms with Gasteiger partial charge in [-0.1, -0.05) is 12.1 Å². The van der Waals surface area contributed by atoms with E-state index in [0.29, 0.717) is 12.2 Å². The molecule has 3 atom stereocenters.